The van der Waals surface area contributed by atoms with Crippen molar-refractivity contribution in [2.75, 3.05) is 20.8 Å². The van der Waals surface area contributed by atoms with E-state index in [0.29, 0.717) is 23.7 Å². The summed E-state index contributed by atoms with van der Waals surface area (Å²) in [6, 6.07) is 5.20. The monoisotopic (exact) mass is 411 g/mol. The van der Waals surface area contributed by atoms with Gasteiger partial charge in [0, 0.05) is 0 Å². The lowest BCUT2D eigenvalue weighted by molar-refractivity contribution is -0.148. The normalized spacial score (nSPS) is 15.0. The predicted molar refractivity (Wildman–Crippen MR) is 110 cm³/mol. The maximum absolute atomic E-state index is 13.4. The lowest BCUT2D eigenvalue weighted by atomic mass is 9.76. The van der Waals surface area contributed by atoms with E-state index in [1.807, 2.05) is 6.92 Å². The van der Waals surface area contributed by atoms with Gasteiger partial charge in [-0.05, 0) is 37.3 Å². The summed E-state index contributed by atoms with van der Waals surface area (Å²) in [6.45, 7) is 2.40. The number of benzene rings is 1. The second-order valence-corrected chi connectivity index (χ2v) is 6.80. The van der Waals surface area contributed by atoms with Gasteiger partial charge in [-0.2, -0.15) is 0 Å². The third-order valence-electron chi connectivity index (χ3n) is 5.07. The Morgan fingerprint density at radius 1 is 1.07 bits per heavy atom. The average molecular weight is 411 g/mol. The molecule has 156 valence electrons. The second-order valence-electron chi connectivity index (χ2n) is 6.80. The number of esters is 1. The summed E-state index contributed by atoms with van der Waals surface area (Å²) >= 11 is 0. The summed E-state index contributed by atoms with van der Waals surface area (Å²) in [5, 5.41) is 0. The number of unbranched alkanes of at least 4 members (excludes halogenated alkanes) is 1. The molecule has 2 unspecified atom stereocenters. The van der Waals surface area contributed by atoms with Crippen LogP contribution in [0.2, 0.25) is 0 Å². The van der Waals surface area contributed by atoms with Crippen molar-refractivity contribution in [2.24, 2.45) is 11.8 Å². The van der Waals surface area contributed by atoms with Gasteiger partial charge in [0.2, 0.25) is 0 Å². The molecule has 0 aromatic heterocycles. The van der Waals surface area contributed by atoms with Crippen LogP contribution in [0.5, 0.6) is 11.5 Å². The van der Waals surface area contributed by atoms with E-state index in [9.17, 15) is 9.59 Å². The second kappa shape index (κ2) is 13.3. The highest BCUT2D eigenvalue weighted by molar-refractivity contribution is 7.00. The lowest BCUT2D eigenvalue weighted by Gasteiger charge is -2.28. The molecule has 0 N–H and O–H groups in total. The molecular formula is C21H32O6P+. The van der Waals surface area contributed by atoms with Gasteiger partial charge in [0.05, 0.1) is 20.8 Å². The highest BCUT2D eigenvalue weighted by Gasteiger charge is 2.39. The van der Waals surface area contributed by atoms with Gasteiger partial charge < -0.3 is 14.2 Å². The molecule has 7 heteroatoms. The summed E-state index contributed by atoms with van der Waals surface area (Å²) in [4.78, 5) is 26.2. The molecular weight excluding hydrogens is 379 g/mol. The highest BCUT2D eigenvalue weighted by Crippen LogP contribution is 2.37. The molecule has 1 aliphatic carbocycles. The van der Waals surface area contributed by atoms with Crippen molar-refractivity contribution in [3.8, 4) is 11.5 Å². The Bertz CT molecular complexity index is 605. The van der Waals surface area contributed by atoms with Gasteiger partial charge in [0.25, 0.3) is 0 Å². The number of methoxy groups -OCH3 is 2. The van der Waals surface area contributed by atoms with Crippen molar-refractivity contribution in [1.29, 1.82) is 0 Å². The first-order valence-electron chi connectivity index (χ1n) is 9.79. The first kappa shape index (κ1) is 24.1. The molecule has 1 aromatic rings. The maximum Gasteiger partial charge on any atom is 0.317 e. The Labute approximate surface area is 169 Å². The van der Waals surface area contributed by atoms with Gasteiger partial charge in [-0.3, -0.25) is 9.59 Å². The Morgan fingerprint density at radius 3 is 2.14 bits per heavy atom. The Hall–Kier alpha value is -1.94. The van der Waals surface area contributed by atoms with Gasteiger partial charge in [-0.15, -0.1) is 0 Å². The molecule has 28 heavy (non-hydrogen) atoms. The molecule has 2 atom stereocenters. The van der Waals surface area contributed by atoms with Crippen LogP contribution in [0, 0.1) is 11.8 Å². The van der Waals surface area contributed by atoms with E-state index in [0.717, 1.165) is 44.9 Å². The molecule has 2 rings (SSSR count). The molecule has 0 heterocycles. The van der Waals surface area contributed by atoms with Crippen molar-refractivity contribution in [2.45, 2.75) is 51.9 Å². The highest BCUT2D eigenvalue weighted by atomic mass is 31.0. The summed E-state index contributed by atoms with van der Waals surface area (Å²) in [6.07, 6.45) is 6.72. The van der Waals surface area contributed by atoms with Gasteiger partial charge in [0.1, 0.15) is 23.0 Å². The SMILES string of the molecule is CCCCOC(=O)C(C(=O)c1c(OC)cccc1OC)C1CCCCC1.O=[PH2+]. The average Bonchev–Trinajstić information content (AvgIpc) is 2.75. The van der Waals surface area contributed by atoms with Crippen LogP contribution in [0.3, 0.4) is 0 Å². The smallest absolute Gasteiger partial charge is 0.317 e. The van der Waals surface area contributed by atoms with Crippen molar-refractivity contribution < 1.29 is 28.4 Å². The molecule has 0 spiro atoms. The fraction of sp³-hybridized carbons (Fsp3) is 0.619. The van der Waals surface area contributed by atoms with Crippen LogP contribution >= 0.6 is 9.12 Å². The summed E-state index contributed by atoms with van der Waals surface area (Å²) in [7, 11) is 4.20. The number of ether oxygens (including phenoxy) is 3. The van der Waals surface area contributed by atoms with E-state index in [2.05, 4.69) is 0 Å². The van der Waals surface area contributed by atoms with Gasteiger partial charge in [-0.1, -0.05) is 43.2 Å². The quantitative estimate of drug-likeness (QED) is 0.194. The Balaban J connectivity index is 0.00000190. The van der Waals surface area contributed by atoms with E-state index in [1.54, 1.807) is 18.2 Å². The predicted octanol–water partition coefficient (Wildman–Crippen LogP) is 4.63. The summed E-state index contributed by atoms with van der Waals surface area (Å²) in [5.74, 6) is -0.596. The Morgan fingerprint density at radius 2 is 1.64 bits per heavy atom. The van der Waals surface area contributed by atoms with Gasteiger partial charge >= 0.3 is 15.1 Å². The van der Waals surface area contributed by atoms with Crippen LogP contribution in [-0.4, -0.2) is 32.6 Å². The first-order valence-corrected chi connectivity index (χ1v) is 10.3. The summed E-state index contributed by atoms with van der Waals surface area (Å²) < 4.78 is 24.4. The van der Waals surface area contributed by atoms with Gasteiger partial charge in [-0.25, -0.2) is 0 Å². The lowest BCUT2D eigenvalue weighted by Crippen LogP contribution is -2.35. The first-order chi connectivity index (χ1) is 13.6. The number of carbonyl (C=O) groups excluding carboxylic acids is 2. The van der Waals surface area contributed by atoms with Crippen LogP contribution in [0.15, 0.2) is 18.2 Å². The van der Waals surface area contributed by atoms with E-state index < -0.39 is 11.9 Å². The fourth-order valence-electron chi connectivity index (χ4n) is 3.64. The van der Waals surface area contributed by atoms with Crippen LogP contribution in [-0.2, 0) is 14.1 Å². The maximum atomic E-state index is 13.4. The molecule has 1 aliphatic rings. The molecule has 1 aromatic carbocycles. The molecule has 0 aliphatic heterocycles. The zero-order valence-electron chi connectivity index (χ0n) is 17.1. The van der Waals surface area contributed by atoms with Crippen molar-refractivity contribution in [3.05, 3.63) is 23.8 Å². The van der Waals surface area contributed by atoms with Crippen molar-refractivity contribution in [1.82, 2.24) is 0 Å². The van der Waals surface area contributed by atoms with E-state index in [1.165, 1.54) is 23.3 Å². The van der Waals surface area contributed by atoms with E-state index in [-0.39, 0.29) is 11.7 Å². The zero-order valence-corrected chi connectivity index (χ0v) is 18.2. The summed E-state index contributed by atoms with van der Waals surface area (Å²) in [5.41, 5.74) is 0.334. The number of Topliss-reactive ketones (excluding diaryl/α,β-unsaturated/α-hetero) is 1. The standard InChI is InChI=1S/C21H30O5.H2OP/c1-4-5-14-26-21(23)18(15-10-7-6-8-11-15)20(22)19-16(24-2)12-9-13-17(19)25-3;1-2/h9,12-13,15,18H,4-8,10-11,14H2,1-3H3;2H2/q;+1. The van der Waals surface area contributed by atoms with Crippen LogP contribution in [0.25, 0.3) is 0 Å². The fourth-order valence-corrected chi connectivity index (χ4v) is 3.64. The minimum absolute atomic E-state index is 0.0139. The molecule has 0 bridgehead atoms. The van der Waals surface area contributed by atoms with Gasteiger partial charge in [0.15, 0.2) is 5.78 Å². The van der Waals surface area contributed by atoms with Crippen molar-refractivity contribution >= 4 is 20.9 Å². The number of hydrogen-bond acceptors (Lipinski definition) is 6. The number of ketones is 1. The molecule has 6 nitrogen and oxygen atoms in total. The number of hydrogen-bond donors (Lipinski definition) is 0. The van der Waals surface area contributed by atoms with Crippen molar-refractivity contribution in [3.63, 3.8) is 0 Å². The largest absolute Gasteiger partial charge is 0.496 e. The van der Waals surface area contributed by atoms with E-state index >= 15 is 0 Å². The molecule has 0 saturated heterocycles. The molecule has 1 saturated carbocycles. The number of carbonyl (C=O) groups is 2. The zero-order chi connectivity index (χ0) is 20.9. The molecule has 0 amide bonds. The number of rotatable bonds is 9. The van der Waals surface area contributed by atoms with Crippen LogP contribution < -0.4 is 9.47 Å². The van der Waals surface area contributed by atoms with Crippen LogP contribution in [0.4, 0.5) is 0 Å². The third-order valence-corrected chi connectivity index (χ3v) is 5.07. The minimum atomic E-state index is -0.794. The third kappa shape index (κ3) is 6.30. The topological polar surface area (TPSA) is 78.9 Å². The Kier molecular flexibility index (Phi) is 11.4. The minimum Gasteiger partial charge on any atom is -0.496 e. The molecule has 1 fully saturated rings. The van der Waals surface area contributed by atoms with Crippen LogP contribution in [0.1, 0.15) is 62.2 Å². The molecule has 0 radical (unpaired) electrons. The van der Waals surface area contributed by atoms with E-state index in [4.69, 9.17) is 18.8 Å².